The van der Waals surface area contributed by atoms with E-state index in [0.29, 0.717) is 17.4 Å². The summed E-state index contributed by atoms with van der Waals surface area (Å²) in [4.78, 5) is 15.0. The molecular formula is C13H10Cl2N2O2. The Morgan fingerprint density at radius 3 is 2.68 bits per heavy atom. The maximum atomic E-state index is 10.9. The number of carboxylic acids is 1. The van der Waals surface area contributed by atoms with E-state index in [1.54, 1.807) is 6.07 Å². The van der Waals surface area contributed by atoms with E-state index in [1.807, 2.05) is 18.2 Å². The Hall–Kier alpha value is -1.78. The monoisotopic (exact) mass is 296 g/mol. The van der Waals surface area contributed by atoms with Crippen LogP contribution in [0.15, 0.2) is 36.5 Å². The van der Waals surface area contributed by atoms with Gasteiger partial charge in [-0.1, -0.05) is 41.4 Å². The Bertz CT molecular complexity index is 617. The number of hydrogen-bond acceptors (Lipinski definition) is 3. The van der Waals surface area contributed by atoms with Crippen LogP contribution in [0.5, 0.6) is 0 Å². The highest BCUT2D eigenvalue weighted by atomic mass is 35.5. The second-order valence-electron chi connectivity index (χ2n) is 3.80. The van der Waals surface area contributed by atoms with Crippen molar-refractivity contribution in [2.75, 3.05) is 5.32 Å². The second-order valence-corrected chi connectivity index (χ2v) is 4.61. The highest BCUT2D eigenvalue weighted by molar-refractivity contribution is 6.33. The fourth-order valence-corrected chi connectivity index (χ4v) is 1.91. The van der Waals surface area contributed by atoms with Gasteiger partial charge in [0.05, 0.1) is 10.6 Å². The lowest BCUT2D eigenvalue weighted by molar-refractivity contribution is 0.0697. The highest BCUT2D eigenvalue weighted by Gasteiger charge is 2.10. The number of nitrogens with zero attached hydrogens (tertiary/aromatic N) is 1. The average molecular weight is 297 g/mol. The number of carbonyl (C=O) groups is 1. The molecule has 1 heterocycles. The first kappa shape index (κ1) is 13.6. The number of nitrogens with one attached hydrogen (secondary N) is 1. The van der Waals surface area contributed by atoms with E-state index < -0.39 is 5.97 Å². The molecule has 2 N–H and O–H groups in total. The summed E-state index contributed by atoms with van der Waals surface area (Å²) in [5.41, 5.74) is 0.913. The minimum absolute atomic E-state index is 0.0123. The zero-order valence-corrected chi connectivity index (χ0v) is 11.2. The Balaban J connectivity index is 2.14. The molecule has 0 atom stereocenters. The Kier molecular flexibility index (Phi) is 4.24. The molecule has 0 aliphatic rings. The molecular weight excluding hydrogens is 287 g/mol. The Morgan fingerprint density at radius 2 is 2.00 bits per heavy atom. The standard InChI is InChI=1S/C13H10Cl2N2O2/c14-10-4-2-1-3-8(10)6-16-12-5-9(13(18)19)11(15)7-17-12/h1-5,7H,6H2,(H,16,17)(H,18,19). The Morgan fingerprint density at radius 1 is 1.26 bits per heavy atom. The highest BCUT2D eigenvalue weighted by Crippen LogP contribution is 2.20. The van der Waals surface area contributed by atoms with E-state index in [9.17, 15) is 4.79 Å². The largest absolute Gasteiger partial charge is 0.478 e. The molecule has 1 aromatic carbocycles. The number of aromatic carboxylic acids is 1. The summed E-state index contributed by atoms with van der Waals surface area (Å²) in [7, 11) is 0. The fourth-order valence-electron chi connectivity index (χ4n) is 1.53. The minimum atomic E-state index is -1.09. The van der Waals surface area contributed by atoms with Crippen LogP contribution in [0.4, 0.5) is 5.82 Å². The van der Waals surface area contributed by atoms with Crippen LogP contribution in [0.1, 0.15) is 15.9 Å². The van der Waals surface area contributed by atoms with Crippen molar-refractivity contribution in [2.24, 2.45) is 0 Å². The third kappa shape index (κ3) is 3.36. The molecule has 98 valence electrons. The van der Waals surface area contributed by atoms with E-state index in [2.05, 4.69) is 10.3 Å². The van der Waals surface area contributed by atoms with Crippen molar-refractivity contribution in [1.82, 2.24) is 4.98 Å². The van der Waals surface area contributed by atoms with Crippen molar-refractivity contribution in [1.29, 1.82) is 0 Å². The molecule has 4 nitrogen and oxygen atoms in total. The topological polar surface area (TPSA) is 62.2 Å². The van der Waals surface area contributed by atoms with Gasteiger partial charge < -0.3 is 10.4 Å². The lowest BCUT2D eigenvalue weighted by Crippen LogP contribution is -2.05. The average Bonchev–Trinajstić information content (AvgIpc) is 2.39. The molecule has 0 aliphatic heterocycles. The first-order valence-electron chi connectivity index (χ1n) is 5.44. The number of hydrogen-bond donors (Lipinski definition) is 2. The van der Waals surface area contributed by atoms with Crippen molar-refractivity contribution >= 4 is 35.0 Å². The Labute approximate surface area is 120 Å². The number of rotatable bonds is 4. The zero-order valence-electron chi connectivity index (χ0n) is 9.73. The van der Waals surface area contributed by atoms with Gasteiger partial charge in [-0.25, -0.2) is 9.78 Å². The SMILES string of the molecule is O=C(O)c1cc(NCc2ccccc2Cl)ncc1Cl. The van der Waals surface area contributed by atoms with E-state index >= 15 is 0 Å². The molecule has 0 aliphatic carbocycles. The molecule has 2 aromatic rings. The zero-order chi connectivity index (χ0) is 13.8. The lowest BCUT2D eigenvalue weighted by Gasteiger charge is -2.08. The van der Waals surface area contributed by atoms with Crippen molar-refractivity contribution in [3.8, 4) is 0 Å². The molecule has 0 saturated heterocycles. The van der Waals surface area contributed by atoms with Gasteiger partial charge in [-0.15, -0.1) is 0 Å². The van der Waals surface area contributed by atoms with Crippen LogP contribution in [0, 0.1) is 0 Å². The quantitative estimate of drug-likeness (QED) is 0.903. The molecule has 0 fully saturated rings. The molecule has 6 heteroatoms. The number of anilines is 1. The van der Waals surface area contributed by atoms with Gasteiger partial charge >= 0.3 is 5.97 Å². The minimum Gasteiger partial charge on any atom is -0.478 e. The number of halogens is 2. The third-order valence-corrected chi connectivity index (χ3v) is 3.17. The molecule has 19 heavy (non-hydrogen) atoms. The van der Waals surface area contributed by atoms with Gasteiger partial charge in [-0.3, -0.25) is 0 Å². The van der Waals surface area contributed by atoms with Crippen LogP contribution in [0.2, 0.25) is 10.0 Å². The number of carboxylic acid groups (broad SMARTS) is 1. The van der Waals surface area contributed by atoms with Gasteiger partial charge in [-0.05, 0) is 17.7 Å². The molecule has 0 spiro atoms. The van der Waals surface area contributed by atoms with Crippen molar-refractivity contribution in [3.63, 3.8) is 0 Å². The summed E-state index contributed by atoms with van der Waals surface area (Å²) in [6, 6.07) is 8.77. The predicted octanol–water partition coefficient (Wildman–Crippen LogP) is 3.70. The van der Waals surface area contributed by atoms with E-state index in [0.717, 1.165) is 5.56 Å². The molecule has 0 unspecified atom stereocenters. The van der Waals surface area contributed by atoms with Crippen LogP contribution in [0.25, 0.3) is 0 Å². The summed E-state index contributed by atoms with van der Waals surface area (Å²) in [6.45, 7) is 0.452. The summed E-state index contributed by atoms with van der Waals surface area (Å²) >= 11 is 11.8. The predicted molar refractivity (Wildman–Crippen MR) is 75.0 cm³/mol. The molecule has 0 amide bonds. The van der Waals surface area contributed by atoms with Crippen LogP contribution in [0.3, 0.4) is 0 Å². The first-order valence-corrected chi connectivity index (χ1v) is 6.19. The summed E-state index contributed by atoms with van der Waals surface area (Å²) in [5.74, 6) is -0.657. The smallest absolute Gasteiger partial charge is 0.337 e. The molecule has 0 bridgehead atoms. The van der Waals surface area contributed by atoms with Crippen LogP contribution in [-0.4, -0.2) is 16.1 Å². The van der Waals surface area contributed by atoms with E-state index in [4.69, 9.17) is 28.3 Å². The normalized spacial score (nSPS) is 10.2. The van der Waals surface area contributed by atoms with Crippen LogP contribution >= 0.6 is 23.2 Å². The molecule has 2 rings (SSSR count). The van der Waals surface area contributed by atoms with E-state index in [-0.39, 0.29) is 10.6 Å². The van der Waals surface area contributed by atoms with Crippen molar-refractivity contribution in [3.05, 3.63) is 57.7 Å². The van der Waals surface area contributed by atoms with Gasteiger partial charge in [-0.2, -0.15) is 0 Å². The fraction of sp³-hybridized carbons (Fsp3) is 0.0769. The number of pyridine rings is 1. The maximum Gasteiger partial charge on any atom is 0.337 e. The second kappa shape index (κ2) is 5.91. The van der Waals surface area contributed by atoms with Gasteiger partial charge in [0.15, 0.2) is 0 Å². The van der Waals surface area contributed by atoms with Gasteiger partial charge in [0.25, 0.3) is 0 Å². The van der Waals surface area contributed by atoms with Crippen LogP contribution in [-0.2, 0) is 6.54 Å². The molecule has 0 saturated carbocycles. The molecule has 0 radical (unpaired) electrons. The summed E-state index contributed by atoms with van der Waals surface area (Å²) in [6.07, 6.45) is 1.31. The van der Waals surface area contributed by atoms with Crippen molar-refractivity contribution < 1.29 is 9.90 Å². The van der Waals surface area contributed by atoms with Crippen LogP contribution < -0.4 is 5.32 Å². The maximum absolute atomic E-state index is 10.9. The van der Waals surface area contributed by atoms with Gasteiger partial charge in [0, 0.05) is 17.8 Å². The van der Waals surface area contributed by atoms with E-state index in [1.165, 1.54) is 12.3 Å². The first-order chi connectivity index (χ1) is 9.08. The lowest BCUT2D eigenvalue weighted by atomic mass is 10.2. The van der Waals surface area contributed by atoms with Gasteiger partial charge in [0.1, 0.15) is 5.82 Å². The molecule has 1 aromatic heterocycles. The number of aromatic nitrogens is 1. The third-order valence-electron chi connectivity index (χ3n) is 2.50. The van der Waals surface area contributed by atoms with Gasteiger partial charge in [0.2, 0.25) is 0 Å². The summed E-state index contributed by atoms with van der Waals surface area (Å²) in [5, 5.41) is 12.7. The number of benzene rings is 1. The van der Waals surface area contributed by atoms with Crippen molar-refractivity contribution in [2.45, 2.75) is 6.54 Å². The summed E-state index contributed by atoms with van der Waals surface area (Å²) < 4.78 is 0.